The zero-order valence-electron chi connectivity index (χ0n) is 9.92. The molecule has 100 valence electrons. The molecular formula is C14H10F4O. The molecule has 0 amide bonds. The summed E-state index contributed by atoms with van der Waals surface area (Å²) >= 11 is 0. The summed E-state index contributed by atoms with van der Waals surface area (Å²) in [5.41, 5.74) is -2.39. The summed E-state index contributed by atoms with van der Waals surface area (Å²) in [5, 5.41) is 10.3. The van der Waals surface area contributed by atoms with Crippen LogP contribution in [0.3, 0.4) is 0 Å². The van der Waals surface area contributed by atoms with Crippen molar-refractivity contribution in [1.29, 1.82) is 0 Å². The Kier molecular flexibility index (Phi) is 3.32. The Bertz CT molecular complexity index is 623. The van der Waals surface area contributed by atoms with E-state index >= 15 is 0 Å². The average Bonchev–Trinajstić information content (AvgIpc) is 2.36. The second kappa shape index (κ2) is 4.66. The number of aliphatic hydroxyl groups is 1. The minimum Gasteiger partial charge on any atom is -0.381 e. The standard InChI is InChI=1S/C14H10F4O/c1-14(19,8-3-2-4-9(15)7-8)10-5-6-11(16)13(18)12(10)17/h2-7,19H,1H3. The second-order valence-corrected chi connectivity index (χ2v) is 4.31. The molecule has 0 saturated carbocycles. The molecule has 0 aliphatic heterocycles. The molecule has 0 aliphatic rings. The first-order chi connectivity index (χ1) is 8.84. The van der Waals surface area contributed by atoms with Gasteiger partial charge in [-0.25, -0.2) is 17.6 Å². The fraction of sp³-hybridized carbons (Fsp3) is 0.143. The van der Waals surface area contributed by atoms with Gasteiger partial charge in [-0.1, -0.05) is 12.1 Å². The first-order valence-electron chi connectivity index (χ1n) is 5.46. The second-order valence-electron chi connectivity index (χ2n) is 4.31. The van der Waals surface area contributed by atoms with Crippen LogP contribution in [0.25, 0.3) is 0 Å². The zero-order chi connectivity index (χ0) is 14.2. The minimum absolute atomic E-state index is 0.0393. The summed E-state index contributed by atoms with van der Waals surface area (Å²) in [6.45, 7) is 1.18. The van der Waals surface area contributed by atoms with Gasteiger partial charge in [0.1, 0.15) is 11.4 Å². The van der Waals surface area contributed by atoms with Gasteiger partial charge in [0.05, 0.1) is 0 Å². The maximum absolute atomic E-state index is 13.7. The molecule has 2 aromatic carbocycles. The highest BCUT2D eigenvalue weighted by Crippen LogP contribution is 2.32. The lowest BCUT2D eigenvalue weighted by Gasteiger charge is -2.25. The van der Waals surface area contributed by atoms with Gasteiger partial charge in [0.15, 0.2) is 17.5 Å². The van der Waals surface area contributed by atoms with E-state index < -0.39 is 34.4 Å². The first-order valence-corrected chi connectivity index (χ1v) is 5.46. The van der Waals surface area contributed by atoms with E-state index in [1.165, 1.54) is 19.1 Å². The van der Waals surface area contributed by atoms with Crippen LogP contribution in [0.1, 0.15) is 18.1 Å². The summed E-state index contributed by atoms with van der Waals surface area (Å²) in [7, 11) is 0. The molecule has 0 aliphatic carbocycles. The predicted molar refractivity (Wildman–Crippen MR) is 61.4 cm³/mol. The summed E-state index contributed by atoms with van der Waals surface area (Å²) < 4.78 is 52.8. The molecule has 0 bridgehead atoms. The maximum Gasteiger partial charge on any atom is 0.194 e. The Morgan fingerprint density at radius 1 is 0.947 bits per heavy atom. The van der Waals surface area contributed by atoms with Crippen LogP contribution in [0, 0.1) is 23.3 Å². The average molecular weight is 270 g/mol. The number of halogens is 4. The van der Waals surface area contributed by atoms with Gasteiger partial charge in [0.2, 0.25) is 0 Å². The van der Waals surface area contributed by atoms with E-state index in [9.17, 15) is 22.7 Å². The number of hydrogen-bond acceptors (Lipinski definition) is 1. The molecule has 19 heavy (non-hydrogen) atoms. The number of benzene rings is 2. The van der Waals surface area contributed by atoms with E-state index in [2.05, 4.69) is 0 Å². The smallest absolute Gasteiger partial charge is 0.194 e. The van der Waals surface area contributed by atoms with E-state index in [0.717, 1.165) is 18.2 Å². The van der Waals surface area contributed by atoms with Gasteiger partial charge in [0, 0.05) is 5.56 Å². The van der Waals surface area contributed by atoms with Crippen molar-refractivity contribution in [3.05, 3.63) is 70.8 Å². The molecule has 0 saturated heterocycles. The van der Waals surface area contributed by atoms with Gasteiger partial charge in [-0.3, -0.25) is 0 Å². The minimum atomic E-state index is -1.97. The number of hydrogen-bond donors (Lipinski definition) is 1. The van der Waals surface area contributed by atoms with E-state index in [1.54, 1.807) is 0 Å². The van der Waals surface area contributed by atoms with Crippen molar-refractivity contribution < 1.29 is 22.7 Å². The van der Waals surface area contributed by atoms with E-state index in [0.29, 0.717) is 6.07 Å². The predicted octanol–water partition coefficient (Wildman–Crippen LogP) is 3.50. The van der Waals surface area contributed by atoms with Gasteiger partial charge in [-0.2, -0.15) is 0 Å². The van der Waals surface area contributed by atoms with E-state index in [1.807, 2.05) is 0 Å². The lowest BCUT2D eigenvalue weighted by Crippen LogP contribution is -2.25. The van der Waals surface area contributed by atoms with Crippen LogP contribution in [0.4, 0.5) is 17.6 Å². The van der Waals surface area contributed by atoms with Crippen molar-refractivity contribution in [2.24, 2.45) is 0 Å². The highest BCUT2D eigenvalue weighted by atomic mass is 19.2. The van der Waals surface area contributed by atoms with Crippen LogP contribution in [0.2, 0.25) is 0 Å². The Balaban J connectivity index is 2.60. The molecule has 0 aromatic heterocycles. The molecule has 5 heteroatoms. The highest BCUT2D eigenvalue weighted by Gasteiger charge is 2.31. The van der Waals surface area contributed by atoms with Crippen molar-refractivity contribution in [3.8, 4) is 0 Å². The molecule has 0 fully saturated rings. The summed E-state index contributed by atoms with van der Waals surface area (Å²) in [5.74, 6) is -5.14. The Hall–Kier alpha value is -1.88. The monoisotopic (exact) mass is 270 g/mol. The lowest BCUT2D eigenvalue weighted by atomic mass is 9.87. The summed E-state index contributed by atoms with van der Waals surface area (Å²) in [6.07, 6.45) is 0. The van der Waals surface area contributed by atoms with Crippen molar-refractivity contribution >= 4 is 0 Å². The van der Waals surface area contributed by atoms with Gasteiger partial charge in [-0.05, 0) is 36.8 Å². The molecule has 2 aromatic rings. The van der Waals surface area contributed by atoms with Crippen LogP contribution >= 0.6 is 0 Å². The molecule has 0 spiro atoms. The fourth-order valence-corrected chi connectivity index (χ4v) is 1.85. The Morgan fingerprint density at radius 2 is 1.63 bits per heavy atom. The van der Waals surface area contributed by atoms with Crippen LogP contribution < -0.4 is 0 Å². The van der Waals surface area contributed by atoms with Gasteiger partial charge >= 0.3 is 0 Å². The van der Waals surface area contributed by atoms with Gasteiger partial charge in [-0.15, -0.1) is 0 Å². The summed E-state index contributed by atoms with van der Waals surface area (Å²) in [6, 6.07) is 6.49. The lowest BCUT2D eigenvalue weighted by molar-refractivity contribution is 0.0963. The molecule has 1 nitrogen and oxygen atoms in total. The third kappa shape index (κ3) is 2.33. The van der Waals surface area contributed by atoms with Crippen molar-refractivity contribution in [1.82, 2.24) is 0 Å². The van der Waals surface area contributed by atoms with Crippen LogP contribution in [-0.2, 0) is 5.60 Å². The molecule has 1 atom stereocenters. The fourth-order valence-electron chi connectivity index (χ4n) is 1.85. The molecule has 0 heterocycles. The molecule has 0 radical (unpaired) electrons. The van der Waals surface area contributed by atoms with Gasteiger partial charge < -0.3 is 5.11 Å². The maximum atomic E-state index is 13.7. The Morgan fingerprint density at radius 3 is 2.26 bits per heavy atom. The third-order valence-electron chi connectivity index (χ3n) is 2.95. The topological polar surface area (TPSA) is 20.2 Å². The molecular weight excluding hydrogens is 260 g/mol. The van der Waals surface area contributed by atoms with Crippen LogP contribution in [0.5, 0.6) is 0 Å². The van der Waals surface area contributed by atoms with E-state index in [-0.39, 0.29) is 5.56 Å². The van der Waals surface area contributed by atoms with Crippen molar-refractivity contribution in [3.63, 3.8) is 0 Å². The van der Waals surface area contributed by atoms with Crippen molar-refractivity contribution in [2.45, 2.75) is 12.5 Å². The van der Waals surface area contributed by atoms with Gasteiger partial charge in [0.25, 0.3) is 0 Å². The third-order valence-corrected chi connectivity index (χ3v) is 2.95. The zero-order valence-corrected chi connectivity index (χ0v) is 9.92. The SMILES string of the molecule is CC(O)(c1cccc(F)c1)c1ccc(F)c(F)c1F. The van der Waals surface area contributed by atoms with Crippen molar-refractivity contribution in [2.75, 3.05) is 0 Å². The van der Waals surface area contributed by atoms with Crippen LogP contribution in [-0.4, -0.2) is 5.11 Å². The number of rotatable bonds is 2. The molecule has 1 N–H and O–H groups in total. The normalized spacial score (nSPS) is 14.2. The first kappa shape index (κ1) is 13.5. The van der Waals surface area contributed by atoms with E-state index in [4.69, 9.17) is 0 Å². The highest BCUT2D eigenvalue weighted by molar-refractivity contribution is 5.36. The van der Waals surface area contributed by atoms with Crippen LogP contribution in [0.15, 0.2) is 36.4 Å². The Labute approximate surface area is 107 Å². The largest absolute Gasteiger partial charge is 0.381 e. The quantitative estimate of drug-likeness (QED) is 0.654. The molecule has 2 rings (SSSR count). The molecule has 1 unspecified atom stereocenters. The summed E-state index contributed by atoms with van der Waals surface area (Å²) in [4.78, 5) is 0.